The van der Waals surface area contributed by atoms with Gasteiger partial charge in [0.05, 0.1) is 31.6 Å². The van der Waals surface area contributed by atoms with Gasteiger partial charge in [-0.3, -0.25) is 14.7 Å². The molecule has 0 saturated carbocycles. The molecule has 0 bridgehead atoms. The van der Waals surface area contributed by atoms with Gasteiger partial charge in [-0.15, -0.1) is 24.0 Å². The summed E-state index contributed by atoms with van der Waals surface area (Å²) in [6.07, 6.45) is 5.68. The lowest BCUT2D eigenvalue weighted by Crippen LogP contribution is -2.48. The fourth-order valence-corrected chi connectivity index (χ4v) is 2.65. The van der Waals surface area contributed by atoms with Gasteiger partial charge in [-0.2, -0.15) is 5.10 Å². The Morgan fingerprint density at radius 2 is 2.33 bits per heavy atom. The molecule has 1 saturated heterocycles. The Morgan fingerprint density at radius 3 is 3.00 bits per heavy atom. The average Bonchev–Trinajstić information content (AvgIpc) is 3.03. The first-order valence-corrected chi connectivity index (χ1v) is 7.72. The Labute approximate surface area is 159 Å². The molecule has 1 aliphatic heterocycles. The quantitative estimate of drug-likeness (QED) is 0.444. The van der Waals surface area contributed by atoms with Gasteiger partial charge in [0.1, 0.15) is 6.10 Å². The number of hydrogen-bond acceptors (Lipinski definition) is 4. The Kier molecular flexibility index (Phi) is 6.98. The fourth-order valence-electron chi connectivity index (χ4n) is 2.65. The van der Waals surface area contributed by atoms with Gasteiger partial charge in [0.25, 0.3) is 0 Å². The Morgan fingerprint density at radius 1 is 1.46 bits per heavy atom. The van der Waals surface area contributed by atoms with Crippen molar-refractivity contribution >= 4 is 29.9 Å². The number of pyridine rings is 1. The molecule has 130 valence electrons. The summed E-state index contributed by atoms with van der Waals surface area (Å²) in [6.45, 7) is 2.90. The van der Waals surface area contributed by atoms with Gasteiger partial charge >= 0.3 is 0 Å². The molecular weight excluding hydrogens is 419 g/mol. The first-order chi connectivity index (χ1) is 11.3. The van der Waals surface area contributed by atoms with Crippen LogP contribution < -0.4 is 5.32 Å². The van der Waals surface area contributed by atoms with Crippen molar-refractivity contribution in [2.75, 3.05) is 26.7 Å². The van der Waals surface area contributed by atoms with Crippen molar-refractivity contribution in [1.29, 1.82) is 0 Å². The van der Waals surface area contributed by atoms with Gasteiger partial charge in [0, 0.05) is 38.6 Å². The zero-order valence-corrected chi connectivity index (χ0v) is 16.3. The van der Waals surface area contributed by atoms with E-state index in [4.69, 9.17) is 4.74 Å². The van der Waals surface area contributed by atoms with E-state index in [-0.39, 0.29) is 30.1 Å². The van der Waals surface area contributed by atoms with Crippen molar-refractivity contribution in [1.82, 2.24) is 25.0 Å². The topological polar surface area (TPSA) is 67.6 Å². The number of aliphatic imine (C=N–C) groups is 1. The number of hydrogen-bond donors (Lipinski definition) is 1. The second kappa shape index (κ2) is 8.97. The van der Waals surface area contributed by atoms with E-state index in [1.165, 1.54) is 0 Å². The Hall–Kier alpha value is -1.68. The second-order valence-corrected chi connectivity index (χ2v) is 5.47. The highest BCUT2D eigenvalue weighted by molar-refractivity contribution is 14.0. The van der Waals surface area contributed by atoms with Crippen molar-refractivity contribution in [3.63, 3.8) is 0 Å². The highest BCUT2D eigenvalue weighted by atomic mass is 127. The number of guanidine groups is 1. The number of aryl methyl sites for hydroxylation is 1. The molecule has 0 amide bonds. The molecular formula is C16H23IN6O. The maximum Gasteiger partial charge on any atom is 0.194 e. The highest BCUT2D eigenvalue weighted by Gasteiger charge is 2.25. The van der Waals surface area contributed by atoms with Crippen LogP contribution in [-0.4, -0.2) is 52.4 Å². The Balaban J connectivity index is 0.00000208. The van der Waals surface area contributed by atoms with Crippen LogP contribution in [0.5, 0.6) is 0 Å². The maximum absolute atomic E-state index is 5.87. The van der Waals surface area contributed by atoms with Gasteiger partial charge < -0.3 is 15.0 Å². The van der Waals surface area contributed by atoms with Crippen LogP contribution in [0, 0.1) is 0 Å². The molecule has 1 aliphatic rings. The largest absolute Gasteiger partial charge is 0.370 e. The van der Waals surface area contributed by atoms with Crippen molar-refractivity contribution in [2.24, 2.45) is 12.0 Å². The van der Waals surface area contributed by atoms with E-state index in [0.29, 0.717) is 13.2 Å². The lowest BCUT2D eigenvalue weighted by molar-refractivity contribution is -0.00805. The molecule has 1 unspecified atom stereocenters. The summed E-state index contributed by atoms with van der Waals surface area (Å²) in [7, 11) is 3.72. The summed E-state index contributed by atoms with van der Waals surface area (Å²) < 4.78 is 7.67. The molecule has 7 nitrogen and oxygen atoms in total. The van der Waals surface area contributed by atoms with Crippen LogP contribution in [0.4, 0.5) is 0 Å². The third kappa shape index (κ3) is 4.67. The van der Waals surface area contributed by atoms with Gasteiger partial charge in [0.15, 0.2) is 5.96 Å². The minimum absolute atomic E-state index is 0. The molecule has 0 aromatic carbocycles. The number of halogens is 1. The molecule has 2 aromatic heterocycles. The lowest BCUT2D eigenvalue weighted by Gasteiger charge is -2.34. The summed E-state index contributed by atoms with van der Waals surface area (Å²) in [5, 5.41) is 7.59. The van der Waals surface area contributed by atoms with Crippen LogP contribution in [0.15, 0.2) is 41.8 Å². The fraction of sp³-hybridized carbons (Fsp3) is 0.438. The van der Waals surface area contributed by atoms with E-state index in [1.807, 2.05) is 37.6 Å². The van der Waals surface area contributed by atoms with Crippen molar-refractivity contribution < 1.29 is 4.74 Å². The van der Waals surface area contributed by atoms with Crippen LogP contribution in [0.2, 0.25) is 0 Å². The van der Waals surface area contributed by atoms with Gasteiger partial charge in [-0.05, 0) is 12.1 Å². The normalized spacial score (nSPS) is 18.2. The highest BCUT2D eigenvalue weighted by Crippen LogP contribution is 2.21. The SMILES string of the molecule is CN=C(NCc1ccccn1)N1CCOC(c2cnn(C)c2)C1.I. The third-order valence-electron chi connectivity index (χ3n) is 3.83. The maximum atomic E-state index is 5.87. The van der Waals surface area contributed by atoms with E-state index in [0.717, 1.165) is 30.3 Å². The van der Waals surface area contributed by atoms with Crippen molar-refractivity contribution in [3.8, 4) is 0 Å². The van der Waals surface area contributed by atoms with Gasteiger partial charge in [-0.25, -0.2) is 0 Å². The average molecular weight is 442 g/mol. The molecule has 0 aliphatic carbocycles. The van der Waals surface area contributed by atoms with Crippen LogP contribution in [-0.2, 0) is 18.3 Å². The molecule has 0 spiro atoms. The monoisotopic (exact) mass is 442 g/mol. The number of morpholine rings is 1. The van der Waals surface area contributed by atoms with Gasteiger partial charge in [0.2, 0.25) is 0 Å². The smallest absolute Gasteiger partial charge is 0.194 e. The molecule has 1 atom stereocenters. The Bertz CT molecular complexity index is 660. The van der Waals surface area contributed by atoms with E-state index in [2.05, 4.69) is 25.3 Å². The minimum Gasteiger partial charge on any atom is -0.370 e. The summed E-state index contributed by atoms with van der Waals surface area (Å²) in [6, 6.07) is 5.90. The number of aromatic nitrogens is 3. The first kappa shape index (κ1) is 18.7. The van der Waals surface area contributed by atoms with Crippen molar-refractivity contribution in [3.05, 3.63) is 48.0 Å². The van der Waals surface area contributed by atoms with Gasteiger partial charge in [-0.1, -0.05) is 6.07 Å². The van der Waals surface area contributed by atoms with Crippen LogP contribution in [0.1, 0.15) is 17.4 Å². The number of rotatable bonds is 3. The zero-order valence-electron chi connectivity index (χ0n) is 13.9. The van der Waals surface area contributed by atoms with Crippen LogP contribution in [0.3, 0.4) is 0 Å². The predicted octanol–water partition coefficient (Wildman–Crippen LogP) is 1.58. The second-order valence-electron chi connectivity index (χ2n) is 5.47. The minimum atomic E-state index is 0. The number of ether oxygens (including phenoxy) is 1. The predicted molar refractivity (Wildman–Crippen MR) is 103 cm³/mol. The molecule has 1 fully saturated rings. The summed E-state index contributed by atoms with van der Waals surface area (Å²) in [5.41, 5.74) is 2.09. The summed E-state index contributed by atoms with van der Waals surface area (Å²) in [5.74, 6) is 0.868. The summed E-state index contributed by atoms with van der Waals surface area (Å²) in [4.78, 5) is 10.9. The third-order valence-corrected chi connectivity index (χ3v) is 3.83. The van der Waals surface area contributed by atoms with E-state index in [9.17, 15) is 0 Å². The zero-order chi connectivity index (χ0) is 16.1. The standard InChI is InChI=1S/C16H22N6O.HI/c1-17-16(19-10-14-5-3-4-6-18-14)22-7-8-23-15(12-22)13-9-20-21(2)11-13;/h3-6,9,11,15H,7-8,10,12H2,1-2H3,(H,17,19);1H. The molecule has 1 N–H and O–H groups in total. The molecule has 24 heavy (non-hydrogen) atoms. The van der Waals surface area contributed by atoms with Crippen molar-refractivity contribution in [2.45, 2.75) is 12.6 Å². The molecule has 0 radical (unpaired) electrons. The summed E-state index contributed by atoms with van der Waals surface area (Å²) >= 11 is 0. The number of nitrogens with zero attached hydrogens (tertiary/aromatic N) is 5. The van der Waals surface area contributed by atoms with E-state index >= 15 is 0 Å². The first-order valence-electron chi connectivity index (χ1n) is 7.72. The van der Waals surface area contributed by atoms with Crippen LogP contribution >= 0.6 is 24.0 Å². The van der Waals surface area contributed by atoms with E-state index < -0.39 is 0 Å². The molecule has 8 heteroatoms. The molecule has 3 heterocycles. The molecule has 2 aromatic rings. The van der Waals surface area contributed by atoms with Crippen LogP contribution in [0.25, 0.3) is 0 Å². The molecule has 3 rings (SSSR count). The number of nitrogens with one attached hydrogen (secondary N) is 1. The van der Waals surface area contributed by atoms with E-state index in [1.54, 1.807) is 17.9 Å². The lowest BCUT2D eigenvalue weighted by atomic mass is 10.1.